The van der Waals surface area contributed by atoms with Crippen LogP contribution in [0, 0.1) is 0 Å². The number of likely N-dealkylation sites (tertiary alicyclic amines) is 1. The third kappa shape index (κ3) is 4.24. The Morgan fingerprint density at radius 2 is 2.00 bits per heavy atom. The van der Waals surface area contributed by atoms with E-state index in [2.05, 4.69) is 22.3 Å². The first-order chi connectivity index (χ1) is 9.31. The lowest BCUT2D eigenvalue weighted by Crippen LogP contribution is -2.40. The number of carbonyl (C=O) groups is 1. The minimum atomic E-state index is 0.184. The summed E-state index contributed by atoms with van der Waals surface area (Å²) in [6, 6.07) is 8.22. The number of hydrogen-bond donors (Lipinski definition) is 1. The monoisotopic (exact) mass is 262 g/mol. The molecule has 4 nitrogen and oxygen atoms in total. The molecular weight excluding hydrogens is 240 g/mol. The van der Waals surface area contributed by atoms with Crippen LogP contribution in [-0.2, 0) is 11.2 Å². The van der Waals surface area contributed by atoms with E-state index in [1.807, 2.05) is 12.1 Å². The summed E-state index contributed by atoms with van der Waals surface area (Å²) in [5.74, 6) is 0.864. The predicted octanol–water partition coefficient (Wildman–Crippen LogP) is 1.45. The SMILES string of the molecule is COc1ccc(C[C@@H](CN2CCCC2)NC=O)cc1. The average molecular weight is 262 g/mol. The summed E-state index contributed by atoms with van der Waals surface area (Å²) < 4.78 is 5.15. The molecule has 1 aliphatic heterocycles. The lowest BCUT2D eigenvalue weighted by atomic mass is 10.1. The molecule has 104 valence electrons. The van der Waals surface area contributed by atoms with E-state index < -0.39 is 0 Å². The van der Waals surface area contributed by atoms with E-state index in [4.69, 9.17) is 4.74 Å². The van der Waals surface area contributed by atoms with Gasteiger partial charge in [0.05, 0.1) is 7.11 Å². The van der Waals surface area contributed by atoms with Crippen molar-refractivity contribution < 1.29 is 9.53 Å². The Morgan fingerprint density at radius 1 is 1.32 bits per heavy atom. The number of ether oxygens (including phenoxy) is 1. The molecule has 1 aromatic rings. The zero-order chi connectivity index (χ0) is 13.5. The Balaban J connectivity index is 1.92. The Labute approximate surface area is 114 Å². The molecule has 1 saturated heterocycles. The van der Waals surface area contributed by atoms with Gasteiger partial charge in [-0.05, 0) is 50.0 Å². The first-order valence-corrected chi connectivity index (χ1v) is 6.87. The van der Waals surface area contributed by atoms with Crippen LogP contribution in [0.2, 0.25) is 0 Å². The van der Waals surface area contributed by atoms with Gasteiger partial charge < -0.3 is 15.0 Å². The van der Waals surface area contributed by atoms with Crippen molar-refractivity contribution in [1.29, 1.82) is 0 Å². The van der Waals surface area contributed by atoms with Gasteiger partial charge in [-0.3, -0.25) is 4.79 Å². The summed E-state index contributed by atoms with van der Waals surface area (Å²) in [5, 5.41) is 2.93. The van der Waals surface area contributed by atoms with Crippen LogP contribution in [0.15, 0.2) is 24.3 Å². The van der Waals surface area contributed by atoms with Crippen molar-refractivity contribution in [1.82, 2.24) is 10.2 Å². The summed E-state index contributed by atoms with van der Waals surface area (Å²) in [4.78, 5) is 13.2. The van der Waals surface area contributed by atoms with Gasteiger partial charge in [0.15, 0.2) is 0 Å². The fraction of sp³-hybridized carbons (Fsp3) is 0.533. The first-order valence-electron chi connectivity index (χ1n) is 6.87. The molecule has 1 aromatic carbocycles. The second-order valence-electron chi connectivity index (χ2n) is 5.04. The van der Waals surface area contributed by atoms with Gasteiger partial charge in [-0.2, -0.15) is 0 Å². The quantitative estimate of drug-likeness (QED) is 0.756. The van der Waals surface area contributed by atoms with Gasteiger partial charge in [0.2, 0.25) is 6.41 Å². The van der Waals surface area contributed by atoms with Gasteiger partial charge in [-0.15, -0.1) is 0 Å². The highest BCUT2D eigenvalue weighted by Gasteiger charge is 2.17. The van der Waals surface area contributed by atoms with E-state index in [1.54, 1.807) is 7.11 Å². The van der Waals surface area contributed by atoms with Gasteiger partial charge in [-0.25, -0.2) is 0 Å². The molecule has 0 spiro atoms. The van der Waals surface area contributed by atoms with Crippen LogP contribution in [0.25, 0.3) is 0 Å². The van der Waals surface area contributed by atoms with E-state index in [-0.39, 0.29) is 6.04 Å². The van der Waals surface area contributed by atoms with Gasteiger partial charge in [0.25, 0.3) is 0 Å². The normalized spacial score (nSPS) is 17.1. The lowest BCUT2D eigenvalue weighted by molar-refractivity contribution is -0.110. The van der Waals surface area contributed by atoms with E-state index in [0.29, 0.717) is 0 Å². The molecule has 1 fully saturated rings. The molecule has 0 unspecified atom stereocenters. The number of rotatable bonds is 7. The Hall–Kier alpha value is -1.55. The Bertz CT molecular complexity index is 386. The molecule has 1 heterocycles. The van der Waals surface area contributed by atoms with Crippen molar-refractivity contribution in [2.24, 2.45) is 0 Å². The molecule has 1 amide bonds. The molecule has 0 saturated carbocycles. The van der Waals surface area contributed by atoms with Gasteiger partial charge in [0, 0.05) is 12.6 Å². The van der Waals surface area contributed by atoms with Crippen LogP contribution < -0.4 is 10.1 Å². The van der Waals surface area contributed by atoms with E-state index >= 15 is 0 Å². The lowest BCUT2D eigenvalue weighted by Gasteiger charge is -2.23. The van der Waals surface area contributed by atoms with Crippen LogP contribution in [0.1, 0.15) is 18.4 Å². The summed E-state index contributed by atoms with van der Waals surface area (Å²) in [7, 11) is 1.67. The van der Waals surface area contributed by atoms with Crippen LogP contribution in [0.3, 0.4) is 0 Å². The number of benzene rings is 1. The van der Waals surface area contributed by atoms with Crippen molar-refractivity contribution in [2.75, 3.05) is 26.7 Å². The Kier molecular flexibility index (Phi) is 5.21. The maximum absolute atomic E-state index is 10.7. The molecule has 0 aliphatic carbocycles. The molecule has 1 aliphatic rings. The van der Waals surface area contributed by atoms with Gasteiger partial charge in [0.1, 0.15) is 5.75 Å². The molecular formula is C15H22N2O2. The number of hydrogen-bond acceptors (Lipinski definition) is 3. The van der Waals surface area contributed by atoms with Gasteiger partial charge in [-0.1, -0.05) is 12.1 Å². The highest BCUT2D eigenvalue weighted by molar-refractivity contribution is 5.47. The van der Waals surface area contributed by atoms with Crippen LogP contribution in [-0.4, -0.2) is 44.1 Å². The highest BCUT2D eigenvalue weighted by atomic mass is 16.5. The van der Waals surface area contributed by atoms with E-state index in [9.17, 15) is 4.79 Å². The smallest absolute Gasteiger partial charge is 0.207 e. The van der Waals surface area contributed by atoms with Crippen molar-refractivity contribution in [3.8, 4) is 5.75 Å². The number of nitrogens with zero attached hydrogens (tertiary/aromatic N) is 1. The van der Waals surface area contributed by atoms with Gasteiger partial charge >= 0.3 is 0 Å². The number of carbonyl (C=O) groups excluding carboxylic acids is 1. The third-order valence-corrected chi connectivity index (χ3v) is 3.62. The zero-order valence-electron chi connectivity index (χ0n) is 11.5. The highest BCUT2D eigenvalue weighted by Crippen LogP contribution is 2.14. The second kappa shape index (κ2) is 7.14. The molecule has 0 radical (unpaired) electrons. The summed E-state index contributed by atoms with van der Waals surface area (Å²) in [6.07, 6.45) is 4.22. The average Bonchev–Trinajstić information content (AvgIpc) is 2.93. The molecule has 0 aromatic heterocycles. The predicted molar refractivity (Wildman–Crippen MR) is 75.4 cm³/mol. The van der Waals surface area contributed by atoms with Crippen molar-refractivity contribution in [3.05, 3.63) is 29.8 Å². The summed E-state index contributed by atoms with van der Waals surface area (Å²) in [5.41, 5.74) is 1.22. The van der Waals surface area contributed by atoms with Crippen molar-refractivity contribution >= 4 is 6.41 Å². The standard InChI is InChI=1S/C15H22N2O2/c1-19-15-6-4-13(5-7-15)10-14(16-12-18)11-17-8-2-3-9-17/h4-7,12,14H,2-3,8-11H2,1H3,(H,16,18)/t14-/m0/s1. The first kappa shape index (κ1) is 13.9. The fourth-order valence-corrected chi connectivity index (χ4v) is 2.60. The molecule has 4 heteroatoms. The Morgan fingerprint density at radius 3 is 2.58 bits per heavy atom. The molecule has 2 rings (SSSR count). The van der Waals surface area contributed by atoms with Crippen LogP contribution in [0.5, 0.6) is 5.75 Å². The third-order valence-electron chi connectivity index (χ3n) is 3.62. The van der Waals surface area contributed by atoms with Crippen LogP contribution in [0.4, 0.5) is 0 Å². The number of nitrogens with one attached hydrogen (secondary N) is 1. The maximum atomic E-state index is 10.7. The van der Waals surface area contributed by atoms with E-state index in [1.165, 1.54) is 18.4 Å². The minimum Gasteiger partial charge on any atom is -0.497 e. The summed E-state index contributed by atoms with van der Waals surface area (Å²) in [6.45, 7) is 3.24. The number of methoxy groups -OCH3 is 1. The van der Waals surface area contributed by atoms with Crippen molar-refractivity contribution in [2.45, 2.75) is 25.3 Å². The largest absolute Gasteiger partial charge is 0.497 e. The second-order valence-corrected chi connectivity index (χ2v) is 5.04. The molecule has 1 N–H and O–H groups in total. The molecule has 19 heavy (non-hydrogen) atoms. The maximum Gasteiger partial charge on any atom is 0.207 e. The fourth-order valence-electron chi connectivity index (χ4n) is 2.60. The zero-order valence-corrected chi connectivity index (χ0v) is 11.5. The number of amides is 1. The topological polar surface area (TPSA) is 41.6 Å². The summed E-state index contributed by atoms with van der Waals surface area (Å²) >= 11 is 0. The molecule has 1 atom stereocenters. The van der Waals surface area contributed by atoms with Crippen LogP contribution >= 0.6 is 0 Å². The molecule has 0 bridgehead atoms. The van der Waals surface area contributed by atoms with E-state index in [0.717, 1.165) is 38.2 Å². The minimum absolute atomic E-state index is 0.184. The van der Waals surface area contributed by atoms with Crippen molar-refractivity contribution in [3.63, 3.8) is 0 Å².